The summed E-state index contributed by atoms with van der Waals surface area (Å²) < 4.78 is 9.29. The molecule has 5 N–H and O–H groups in total. The first-order valence-corrected chi connectivity index (χ1v) is 46.5. The molecule has 0 radical (unpaired) electrons. The number of hydrogen-bond acceptors (Lipinski definition) is 14. The second-order valence-corrected chi connectivity index (χ2v) is 33.6. The van der Waals surface area contributed by atoms with Gasteiger partial charge in [0.15, 0.2) is 6.23 Å². The van der Waals surface area contributed by atoms with Crippen LogP contribution in [0, 0.1) is 25.3 Å². The van der Waals surface area contributed by atoms with Crippen molar-refractivity contribution in [2.45, 2.75) is 86.3 Å². The van der Waals surface area contributed by atoms with Crippen LogP contribution in [0.5, 0.6) is 0 Å². The molecule has 0 bridgehead atoms. The predicted molar refractivity (Wildman–Crippen MR) is 557 cm³/mol. The van der Waals surface area contributed by atoms with Gasteiger partial charge in [0, 0.05) is 98.2 Å². The third kappa shape index (κ3) is 24.6. The Kier molecular flexibility index (Phi) is 33.3. The standard InChI is InChI=1S/C33H32N4O.2C28H24N4.C17H14BNO2.C11H8BrN.Pt/c1-3-28-23(2)33(37(36-28)32-18-5-7-20-38-32)31-17-10-16-30(35-31)27-14-9-12-25(22-27)24-11-8-13-26(21-24)29-15-4-6-19-34-29;1-3-24-19(2)28(32-31-24)27-15-8-14-26(30-27)23-12-7-10-21(18-23)20-9-6-11-22(17-20)25-13-4-5-16-29-25;1-3-24(29)19(2)28(30)27-15-8-14-26(32-27)23-12-7-10-21(18-23)20-9-6-11-22(17-20)25-13-4-5-16-31-25;20-18(21)16-8-4-6-14(12-16)13-5-3-7-15(11-13)17-9-1-2-10-19-17;12-10-5-3-4-9(8-10)11-6-1-2-7-13-11;/h4,6,8-17,19,21-22,32H,3,5,7,18,20H2,1-2H3;4-18H,3H2,1-2H3,(H,31,32);4-16,18,29-30H,3H2,1-2H3;1-12,20-21H;1-8H;/q;;-2;;;+2/b;;28-19-,29-24?;;;. The number of hydrogen-bond donors (Lipinski definition) is 4. The number of rotatable bonds is 21. The molecule has 1 saturated heterocycles. The number of benzene rings is 9. The Bertz CT molecular complexity index is 7310. The molecule has 0 amide bonds. The fourth-order valence-electron chi connectivity index (χ4n) is 16.3. The molecule has 1 aliphatic rings. The number of nitrogens with zero attached hydrogens (tertiary/aromatic N) is 11. The first-order valence-electron chi connectivity index (χ1n) is 45.7. The molecular weight excluding hydrogens is 1940 g/mol. The Balaban J connectivity index is 0.000000134. The van der Waals surface area contributed by atoms with E-state index in [4.69, 9.17) is 35.9 Å². The van der Waals surface area contributed by atoms with E-state index in [2.05, 4.69) is 229 Å². The van der Waals surface area contributed by atoms with E-state index in [1.807, 2.05) is 232 Å². The molecule has 1 atom stereocenters. The molecule has 1 unspecified atom stereocenters. The third-order valence-electron chi connectivity index (χ3n) is 23.6. The number of ether oxygens (including phenoxy) is 1. The summed E-state index contributed by atoms with van der Waals surface area (Å²) in [6.07, 6.45) is 14.7. The number of H-pyrrole nitrogens is 1. The fraction of sp³-hybridized carbons (Fsp3) is 0.120. The van der Waals surface area contributed by atoms with E-state index in [-0.39, 0.29) is 27.3 Å². The minimum atomic E-state index is -1.45. The quantitative estimate of drug-likeness (QED) is 0.0297. The second kappa shape index (κ2) is 47.2. The molecule has 0 aliphatic carbocycles. The molecule has 1 fully saturated rings. The summed E-state index contributed by atoms with van der Waals surface area (Å²) in [5.41, 5.74) is 43.8. The zero-order chi connectivity index (χ0) is 94.1. The fourth-order valence-corrected chi connectivity index (χ4v) is 16.7. The van der Waals surface area contributed by atoms with Crippen LogP contribution in [0.1, 0.15) is 87.8 Å². The van der Waals surface area contributed by atoms with Crippen molar-refractivity contribution >= 4 is 39.9 Å². The smallest absolute Gasteiger partial charge is 0.697 e. The Morgan fingerprint density at radius 1 is 0.423 bits per heavy atom. The monoisotopic (exact) mass is 2040 g/mol. The van der Waals surface area contributed by atoms with Crippen LogP contribution in [0.4, 0.5) is 0 Å². The zero-order valence-corrected chi connectivity index (χ0v) is 80.8. The van der Waals surface area contributed by atoms with E-state index < -0.39 is 7.12 Å². The Labute approximate surface area is 824 Å². The van der Waals surface area contributed by atoms with E-state index in [0.717, 1.165) is 217 Å². The molecule has 11 heterocycles. The van der Waals surface area contributed by atoms with Gasteiger partial charge in [-0.05, 0) is 254 Å². The van der Waals surface area contributed by atoms with Gasteiger partial charge < -0.3 is 25.9 Å². The van der Waals surface area contributed by atoms with Crippen LogP contribution in [0.2, 0.25) is 0 Å². The van der Waals surface area contributed by atoms with Gasteiger partial charge >= 0.3 is 28.2 Å². The van der Waals surface area contributed by atoms with Gasteiger partial charge in [0.05, 0.1) is 62.6 Å². The summed E-state index contributed by atoms with van der Waals surface area (Å²) in [7, 11) is -1.45. The van der Waals surface area contributed by atoms with Gasteiger partial charge in [0.2, 0.25) is 0 Å². The normalized spacial score (nSPS) is 12.1. The second-order valence-electron chi connectivity index (χ2n) is 32.7. The minimum absolute atomic E-state index is 0. The van der Waals surface area contributed by atoms with E-state index in [1.165, 1.54) is 5.56 Å². The molecule has 678 valence electrons. The van der Waals surface area contributed by atoms with E-state index in [1.54, 1.807) is 30.7 Å². The van der Waals surface area contributed by atoms with Crippen molar-refractivity contribution in [2.75, 3.05) is 6.61 Å². The van der Waals surface area contributed by atoms with Crippen molar-refractivity contribution in [3.63, 3.8) is 0 Å². The van der Waals surface area contributed by atoms with Crippen molar-refractivity contribution in [1.82, 2.24) is 59.8 Å². The Hall–Kier alpha value is -15.1. The molecule has 17 nitrogen and oxygen atoms in total. The molecule has 1 aliphatic heterocycles. The van der Waals surface area contributed by atoms with Crippen LogP contribution in [0.3, 0.4) is 0 Å². The van der Waals surface area contributed by atoms with Crippen LogP contribution in [-0.2, 0) is 38.6 Å². The molecule has 20 heteroatoms. The maximum atomic E-state index is 9.27. The van der Waals surface area contributed by atoms with Crippen molar-refractivity contribution < 1.29 is 35.9 Å². The summed E-state index contributed by atoms with van der Waals surface area (Å²) in [5.74, 6) is 0. The number of aromatic amines is 1. The number of halogens is 1. The first kappa shape index (κ1) is 96.5. The summed E-state index contributed by atoms with van der Waals surface area (Å²) in [4.78, 5) is 36.8. The number of pyridine rings is 8. The number of allylic oxidation sites excluding steroid dienone is 1. The number of aryl methyl sites for hydroxylation is 2. The number of aromatic nitrogens is 12. The topological polar surface area (TPSA) is 247 Å². The van der Waals surface area contributed by atoms with Gasteiger partial charge in [0.25, 0.3) is 0 Å². The molecule has 10 aromatic heterocycles. The van der Waals surface area contributed by atoms with Crippen LogP contribution >= 0.6 is 15.9 Å². The Morgan fingerprint density at radius 3 is 1.26 bits per heavy atom. The van der Waals surface area contributed by atoms with Gasteiger partial charge in [-0.3, -0.25) is 30.0 Å². The van der Waals surface area contributed by atoms with E-state index in [9.17, 15) is 10.0 Å². The summed E-state index contributed by atoms with van der Waals surface area (Å²) in [5, 5.41) is 39.2. The average Bonchev–Trinajstić information content (AvgIpc) is 1.61. The van der Waals surface area contributed by atoms with Crippen molar-refractivity contribution in [3.8, 4) is 157 Å². The molecule has 0 saturated carbocycles. The predicted octanol–water partition coefficient (Wildman–Crippen LogP) is 27.7. The summed E-state index contributed by atoms with van der Waals surface area (Å²) >= 11 is 3.43. The zero-order valence-electron chi connectivity index (χ0n) is 77.0. The molecule has 9 aromatic carbocycles. The number of nitrogens with one attached hydrogen (secondary N) is 3. The Morgan fingerprint density at radius 2 is 0.810 bits per heavy atom. The molecular formula is C117H102BBrN14O3Pt. The molecule has 19 aromatic rings. The maximum Gasteiger partial charge on any atom is 2.00 e. The first-order chi connectivity index (χ1) is 66.6. The SMILES string of the molecule is Brc1cccc(-c2ccccn2)c1.CCC(=N)/C(C)=C(\[NH-])c1cccc(-c2cccc(-c3[c-]c(-c4ccccn4)ccc3)c2)n1.CCc1[nH]nc(-c2cccc(-c3cccc(-c4cccc(-c5ccccn5)c4)c3)n2)c1C.CCc1nn(C2CCCCO2)c(-c2cccc(-c3cccc(-c4cccc(-c5ccccn5)c4)c3)n2)c1C.OB(O)c1cccc(-c2cccc(-c3ccccn3)c2)c1.[Pt+2]. The van der Waals surface area contributed by atoms with Crippen LogP contribution in [0.15, 0.2) is 399 Å². The van der Waals surface area contributed by atoms with Crippen molar-refractivity contribution in [3.05, 3.63) is 439 Å². The van der Waals surface area contributed by atoms with Gasteiger partial charge in [-0.15, -0.1) is 35.5 Å². The van der Waals surface area contributed by atoms with Crippen molar-refractivity contribution in [2.24, 2.45) is 0 Å². The molecule has 137 heavy (non-hydrogen) atoms. The minimum Gasteiger partial charge on any atom is -0.697 e. The molecule has 20 rings (SSSR count). The van der Waals surface area contributed by atoms with Gasteiger partial charge in [-0.1, -0.05) is 254 Å². The van der Waals surface area contributed by atoms with Gasteiger partial charge in [-0.25, -0.2) is 19.6 Å². The average molecular weight is 2040 g/mol. The van der Waals surface area contributed by atoms with Gasteiger partial charge in [0.1, 0.15) is 5.69 Å². The summed E-state index contributed by atoms with van der Waals surface area (Å²) in [6.45, 7) is 13.1. The van der Waals surface area contributed by atoms with E-state index >= 15 is 0 Å². The van der Waals surface area contributed by atoms with Crippen molar-refractivity contribution in [1.29, 1.82) is 5.41 Å². The molecule has 0 spiro atoms. The van der Waals surface area contributed by atoms with Crippen LogP contribution in [-0.4, -0.2) is 89.3 Å². The largest absolute Gasteiger partial charge is 2.00 e. The maximum absolute atomic E-state index is 9.27. The van der Waals surface area contributed by atoms with Gasteiger partial charge in [-0.2, -0.15) is 10.2 Å². The third-order valence-corrected chi connectivity index (χ3v) is 24.1. The van der Waals surface area contributed by atoms with E-state index in [0.29, 0.717) is 34.6 Å². The van der Waals surface area contributed by atoms with Crippen LogP contribution in [0.25, 0.3) is 169 Å². The van der Waals surface area contributed by atoms with Crippen LogP contribution < -0.4 is 5.46 Å². The summed E-state index contributed by atoms with van der Waals surface area (Å²) in [6, 6.07) is 123.